The molecular weight excluding hydrogens is 128 g/mol. The number of allylic oxidation sites excluding steroid dienone is 1. The molecule has 1 atom stereocenters. The molecular formula is C8H12O2. The van der Waals surface area contributed by atoms with Crippen molar-refractivity contribution < 1.29 is 9.53 Å². The Morgan fingerprint density at radius 1 is 1.70 bits per heavy atom. The molecule has 1 aliphatic carbocycles. The lowest BCUT2D eigenvalue weighted by Gasteiger charge is -2.11. The maximum atomic E-state index is 10.7. The maximum Gasteiger partial charge on any atom is 0.158 e. The average Bonchev–Trinajstić information content (AvgIpc) is 2.13. The van der Waals surface area contributed by atoms with E-state index in [1.807, 2.05) is 19.9 Å². The SMILES string of the molecule is CC(C)OC1C=CC(=O)C1. The molecule has 1 aliphatic rings. The zero-order valence-corrected chi connectivity index (χ0v) is 6.33. The Balaban J connectivity index is 2.33. The summed E-state index contributed by atoms with van der Waals surface area (Å²) in [6, 6.07) is 0. The molecule has 0 saturated heterocycles. The molecule has 0 amide bonds. The average molecular weight is 140 g/mol. The van der Waals surface area contributed by atoms with Gasteiger partial charge in [-0.3, -0.25) is 4.79 Å². The fourth-order valence-corrected chi connectivity index (χ4v) is 0.992. The van der Waals surface area contributed by atoms with Gasteiger partial charge in [-0.1, -0.05) is 6.08 Å². The van der Waals surface area contributed by atoms with Gasteiger partial charge < -0.3 is 4.74 Å². The monoisotopic (exact) mass is 140 g/mol. The van der Waals surface area contributed by atoms with Crippen molar-refractivity contribution in [1.29, 1.82) is 0 Å². The van der Waals surface area contributed by atoms with Crippen LogP contribution >= 0.6 is 0 Å². The van der Waals surface area contributed by atoms with E-state index >= 15 is 0 Å². The Morgan fingerprint density at radius 2 is 2.40 bits per heavy atom. The van der Waals surface area contributed by atoms with E-state index in [0.717, 1.165) is 0 Å². The van der Waals surface area contributed by atoms with Crippen molar-refractivity contribution >= 4 is 5.78 Å². The largest absolute Gasteiger partial charge is 0.371 e. The van der Waals surface area contributed by atoms with Crippen molar-refractivity contribution in [3.8, 4) is 0 Å². The molecule has 0 aromatic heterocycles. The standard InChI is InChI=1S/C8H12O2/c1-6(2)10-8-4-3-7(9)5-8/h3-4,6,8H,5H2,1-2H3. The van der Waals surface area contributed by atoms with E-state index in [1.54, 1.807) is 6.08 Å². The second-order valence-corrected chi connectivity index (χ2v) is 2.75. The van der Waals surface area contributed by atoms with Gasteiger partial charge in [0.25, 0.3) is 0 Å². The molecule has 2 nitrogen and oxygen atoms in total. The number of rotatable bonds is 2. The fraction of sp³-hybridized carbons (Fsp3) is 0.625. The van der Waals surface area contributed by atoms with E-state index in [2.05, 4.69) is 0 Å². The zero-order chi connectivity index (χ0) is 7.56. The predicted octanol–water partition coefficient (Wildman–Crippen LogP) is 1.31. The third-order valence-corrected chi connectivity index (χ3v) is 1.35. The van der Waals surface area contributed by atoms with Gasteiger partial charge in [-0.15, -0.1) is 0 Å². The lowest BCUT2D eigenvalue weighted by atomic mass is 10.3. The minimum absolute atomic E-state index is 0.0347. The van der Waals surface area contributed by atoms with Crippen LogP contribution in [-0.4, -0.2) is 18.0 Å². The summed E-state index contributed by atoms with van der Waals surface area (Å²) < 4.78 is 5.37. The van der Waals surface area contributed by atoms with Crippen LogP contribution in [0.1, 0.15) is 20.3 Å². The highest BCUT2D eigenvalue weighted by Gasteiger charge is 2.16. The molecule has 0 aliphatic heterocycles. The first-order valence-electron chi connectivity index (χ1n) is 3.55. The molecule has 0 aromatic rings. The summed E-state index contributed by atoms with van der Waals surface area (Å²) in [6.07, 6.45) is 4.18. The number of carbonyl (C=O) groups is 1. The Labute approximate surface area is 60.9 Å². The van der Waals surface area contributed by atoms with Crippen molar-refractivity contribution in [1.82, 2.24) is 0 Å². The number of hydrogen-bond donors (Lipinski definition) is 0. The van der Waals surface area contributed by atoms with E-state index < -0.39 is 0 Å². The first kappa shape index (κ1) is 7.48. The molecule has 0 heterocycles. The molecule has 0 bridgehead atoms. The lowest BCUT2D eigenvalue weighted by molar-refractivity contribution is -0.115. The minimum atomic E-state index is 0.0347. The Kier molecular flexibility index (Phi) is 2.22. The topological polar surface area (TPSA) is 26.3 Å². The molecule has 10 heavy (non-hydrogen) atoms. The van der Waals surface area contributed by atoms with Gasteiger partial charge in [-0.25, -0.2) is 0 Å². The van der Waals surface area contributed by atoms with Crippen LogP contribution in [0.4, 0.5) is 0 Å². The summed E-state index contributed by atoms with van der Waals surface area (Å²) in [6.45, 7) is 3.94. The van der Waals surface area contributed by atoms with Crippen LogP contribution in [0.3, 0.4) is 0 Å². The van der Waals surface area contributed by atoms with Gasteiger partial charge in [-0.2, -0.15) is 0 Å². The molecule has 0 spiro atoms. The van der Waals surface area contributed by atoms with Gasteiger partial charge in [0, 0.05) is 6.42 Å². The van der Waals surface area contributed by atoms with E-state index in [4.69, 9.17) is 4.74 Å². The summed E-state index contributed by atoms with van der Waals surface area (Å²) in [4.78, 5) is 10.7. The highest BCUT2D eigenvalue weighted by atomic mass is 16.5. The molecule has 0 fully saturated rings. The summed E-state index contributed by atoms with van der Waals surface area (Å²) in [5.41, 5.74) is 0. The van der Waals surface area contributed by atoms with Crippen LogP contribution in [0.15, 0.2) is 12.2 Å². The van der Waals surface area contributed by atoms with Crippen LogP contribution in [0.25, 0.3) is 0 Å². The number of ketones is 1. The van der Waals surface area contributed by atoms with Gasteiger partial charge in [0.1, 0.15) is 0 Å². The maximum absolute atomic E-state index is 10.7. The summed E-state index contributed by atoms with van der Waals surface area (Å²) in [5.74, 6) is 0.172. The lowest BCUT2D eigenvalue weighted by Crippen LogP contribution is -2.14. The van der Waals surface area contributed by atoms with Gasteiger partial charge in [-0.05, 0) is 19.9 Å². The highest BCUT2D eigenvalue weighted by molar-refractivity contribution is 5.92. The zero-order valence-electron chi connectivity index (χ0n) is 6.33. The van der Waals surface area contributed by atoms with E-state index in [9.17, 15) is 4.79 Å². The Hall–Kier alpha value is -0.630. The highest BCUT2D eigenvalue weighted by Crippen LogP contribution is 2.11. The second-order valence-electron chi connectivity index (χ2n) is 2.75. The normalized spacial score (nSPS) is 24.7. The first-order chi connectivity index (χ1) is 4.68. The minimum Gasteiger partial charge on any atom is -0.371 e. The van der Waals surface area contributed by atoms with Crippen molar-refractivity contribution in [3.05, 3.63) is 12.2 Å². The Morgan fingerprint density at radius 3 is 2.80 bits per heavy atom. The third-order valence-electron chi connectivity index (χ3n) is 1.35. The first-order valence-corrected chi connectivity index (χ1v) is 3.55. The van der Waals surface area contributed by atoms with E-state index in [0.29, 0.717) is 6.42 Å². The van der Waals surface area contributed by atoms with Crippen molar-refractivity contribution in [3.63, 3.8) is 0 Å². The van der Waals surface area contributed by atoms with Crippen LogP contribution in [0.5, 0.6) is 0 Å². The summed E-state index contributed by atoms with van der Waals surface area (Å²) >= 11 is 0. The van der Waals surface area contributed by atoms with Gasteiger partial charge in [0.15, 0.2) is 5.78 Å². The predicted molar refractivity (Wildman–Crippen MR) is 38.8 cm³/mol. The van der Waals surface area contributed by atoms with Crippen molar-refractivity contribution in [2.45, 2.75) is 32.5 Å². The molecule has 1 unspecified atom stereocenters. The number of carbonyl (C=O) groups excluding carboxylic acids is 1. The third kappa shape index (κ3) is 1.95. The molecule has 0 N–H and O–H groups in total. The molecule has 56 valence electrons. The Bertz CT molecular complexity index is 159. The number of hydrogen-bond acceptors (Lipinski definition) is 2. The molecule has 2 heteroatoms. The van der Waals surface area contributed by atoms with Crippen molar-refractivity contribution in [2.75, 3.05) is 0 Å². The van der Waals surface area contributed by atoms with Gasteiger partial charge >= 0.3 is 0 Å². The molecule has 0 saturated carbocycles. The second kappa shape index (κ2) is 2.97. The van der Waals surface area contributed by atoms with Crippen molar-refractivity contribution in [2.24, 2.45) is 0 Å². The van der Waals surface area contributed by atoms with Gasteiger partial charge in [0.05, 0.1) is 12.2 Å². The van der Waals surface area contributed by atoms with Crippen LogP contribution < -0.4 is 0 Å². The van der Waals surface area contributed by atoms with Crippen LogP contribution in [0.2, 0.25) is 0 Å². The van der Waals surface area contributed by atoms with E-state index in [1.165, 1.54) is 0 Å². The summed E-state index contributed by atoms with van der Waals surface area (Å²) in [7, 11) is 0. The molecule has 0 aromatic carbocycles. The quantitative estimate of drug-likeness (QED) is 0.578. The van der Waals surface area contributed by atoms with Gasteiger partial charge in [0.2, 0.25) is 0 Å². The summed E-state index contributed by atoms with van der Waals surface area (Å²) in [5, 5.41) is 0. The number of ether oxygens (including phenoxy) is 1. The molecule has 0 radical (unpaired) electrons. The smallest absolute Gasteiger partial charge is 0.158 e. The fourth-order valence-electron chi connectivity index (χ4n) is 0.992. The van der Waals surface area contributed by atoms with E-state index in [-0.39, 0.29) is 18.0 Å². The molecule has 1 rings (SSSR count). The van der Waals surface area contributed by atoms with Crippen LogP contribution in [0, 0.1) is 0 Å². The van der Waals surface area contributed by atoms with Crippen LogP contribution in [-0.2, 0) is 9.53 Å².